The molecule has 3 rings (SSSR count). The number of alkyl halides is 3. The summed E-state index contributed by atoms with van der Waals surface area (Å²) in [4.78, 5) is 33.5. The van der Waals surface area contributed by atoms with Crippen molar-refractivity contribution in [3.8, 4) is 0 Å². The molecular formula is C22H17F3N4O2. The molecule has 1 aromatic heterocycles. The number of anilines is 2. The summed E-state index contributed by atoms with van der Waals surface area (Å²) in [6, 6.07) is 12.5. The average Bonchev–Trinajstić information content (AvgIpc) is 2.77. The van der Waals surface area contributed by atoms with Crippen LogP contribution >= 0.6 is 0 Å². The summed E-state index contributed by atoms with van der Waals surface area (Å²) in [7, 11) is 1.40. The number of hydrogen-bond acceptors (Lipinski definition) is 4. The molecular weight excluding hydrogens is 409 g/mol. The molecule has 0 aliphatic rings. The number of amides is 2. The molecule has 0 bridgehead atoms. The lowest BCUT2D eigenvalue weighted by Gasteiger charge is -2.19. The highest BCUT2D eigenvalue weighted by atomic mass is 19.4. The van der Waals surface area contributed by atoms with Crippen molar-refractivity contribution in [2.75, 3.05) is 17.3 Å². The van der Waals surface area contributed by atoms with Crippen LogP contribution in [0.1, 0.15) is 21.5 Å². The number of hydrogen-bond donors (Lipinski definition) is 1. The zero-order valence-electron chi connectivity index (χ0n) is 16.3. The fraction of sp³-hybridized carbons (Fsp3) is 0.0909. The van der Waals surface area contributed by atoms with Gasteiger partial charge in [-0.3, -0.25) is 9.59 Å². The van der Waals surface area contributed by atoms with Gasteiger partial charge in [-0.25, -0.2) is 9.97 Å². The second kappa shape index (κ2) is 9.21. The number of nitrogens with one attached hydrogen (secondary N) is 1. The Balaban J connectivity index is 1.73. The standard InChI is InChI=1S/C22H17F3N4O2/c1-29(18-7-3-6-17(13-18)22(23,24)25)21(31)16-5-2-4-15(12-16)8-9-20(30)28-19-10-11-26-14-27-19/h2-14H,1H3,(H,26,27,28,30)/b9-8+. The first-order valence-electron chi connectivity index (χ1n) is 9.04. The van der Waals surface area contributed by atoms with Crippen LogP contribution in [0.3, 0.4) is 0 Å². The lowest BCUT2D eigenvalue weighted by molar-refractivity contribution is -0.137. The van der Waals surface area contributed by atoms with Crippen molar-refractivity contribution in [1.82, 2.24) is 9.97 Å². The van der Waals surface area contributed by atoms with Gasteiger partial charge in [0.2, 0.25) is 5.91 Å². The Kier molecular flexibility index (Phi) is 6.44. The van der Waals surface area contributed by atoms with Crippen LogP contribution in [0.15, 0.2) is 73.2 Å². The van der Waals surface area contributed by atoms with Crippen molar-refractivity contribution in [1.29, 1.82) is 0 Å². The number of carbonyl (C=O) groups is 2. The van der Waals surface area contributed by atoms with Crippen LogP contribution in [0.4, 0.5) is 24.7 Å². The van der Waals surface area contributed by atoms with Gasteiger partial charge in [-0.1, -0.05) is 18.2 Å². The number of aromatic nitrogens is 2. The van der Waals surface area contributed by atoms with Gasteiger partial charge in [0, 0.05) is 30.6 Å². The van der Waals surface area contributed by atoms with E-state index in [2.05, 4.69) is 15.3 Å². The van der Waals surface area contributed by atoms with Crippen LogP contribution < -0.4 is 10.2 Å². The average molecular weight is 426 g/mol. The van der Waals surface area contributed by atoms with E-state index in [1.165, 1.54) is 49.9 Å². The minimum Gasteiger partial charge on any atom is -0.311 e. The third kappa shape index (κ3) is 5.75. The molecule has 0 saturated heterocycles. The summed E-state index contributed by atoms with van der Waals surface area (Å²) in [5.41, 5.74) is 0.112. The normalized spacial score (nSPS) is 11.4. The Morgan fingerprint density at radius 3 is 2.55 bits per heavy atom. The Morgan fingerprint density at radius 2 is 1.84 bits per heavy atom. The minimum atomic E-state index is -4.50. The molecule has 1 N–H and O–H groups in total. The summed E-state index contributed by atoms with van der Waals surface area (Å²) in [5.74, 6) is -0.562. The van der Waals surface area contributed by atoms with Gasteiger partial charge in [-0.2, -0.15) is 13.2 Å². The molecule has 0 aliphatic carbocycles. The van der Waals surface area contributed by atoms with Crippen molar-refractivity contribution in [3.05, 3.63) is 89.9 Å². The molecule has 0 saturated carbocycles. The molecule has 3 aromatic rings. The predicted molar refractivity (Wildman–Crippen MR) is 110 cm³/mol. The maximum Gasteiger partial charge on any atom is 0.416 e. The number of carbonyl (C=O) groups excluding carboxylic acids is 2. The van der Waals surface area contributed by atoms with Gasteiger partial charge in [0.1, 0.15) is 12.1 Å². The van der Waals surface area contributed by atoms with E-state index in [4.69, 9.17) is 0 Å². The summed E-state index contributed by atoms with van der Waals surface area (Å²) in [5, 5.41) is 2.56. The van der Waals surface area contributed by atoms with Crippen LogP contribution in [0.25, 0.3) is 6.08 Å². The van der Waals surface area contributed by atoms with E-state index in [0.29, 0.717) is 11.4 Å². The first-order chi connectivity index (χ1) is 14.7. The third-order valence-corrected chi connectivity index (χ3v) is 4.26. The van der Waals surface area contributed by atoms with Crippen LogP contribution in [0, 0.1) is 0 Å². The van der Waals surface area contributed by atoms with Crippen molar-refractivity contribution in [2.24, 2.45) is 0 Å². The quantitative estimate of drug-likeness (QED) is 0.613. The zero-order chi connectivity index (χ0) is 22.4. The van der Waals surface area contributed by atoms with Gasteiger partial charge in [0.05, 0.1) is 5.56 Å². The van der Waals surface area contributed by atoms with Gasteiger partial charge in [-0.15, -0.1) is 0 Å². The van der Waals surface area contributed by atoms with Crippen LogP contribution in [0.2, 0.25) is 0 Å². The van der Waals surface area contributed by atoms with Crippen molar-refractivity contribution in [3.63, 3.8) is 0 Å². The summed E-state index contributed by atoms with van der Waals surface area (Å²) in [6.45, 7) is 0. The number of nitrogens with zero attached hydrogens (tertiary/aromatic N) is 3. The van der Waals surface area contributed by atoms with Crippen LogP contribution in [-0.4, -0.2) is 28.8 Å². The van der Waals surface area contributed by atoms with Crippen molar-refractivity contribution < 1.29 is 22.8 Å². The Bertz CT molecular complexity index is 1110. The largest absolute Gasteiger partial charge is 0.416 e. The fourth-order valence-electron chi connectivity index (χ4n) is 2.68. The molecule has 0 spiro atoms. The second-order valence-electron chi connectivity index (χ2n) is 6.45. The van der Waals surface area contributed by atoms with E-state index in [1.807, 2.05) is 0 Å². The molecule has 6 nitrogen and oxygen atoms in total. The van der Waals surface area contributed by atoms with Crippen LogP contribution in [-0.2, 0) is 11.0 Å². The first kappa shape index (κ1) is 21.7. The smallest absolute Gasteiger partial charge is 0.311 e. The van der Waals surface area contributed by atoms with Gasteiger partial charge in [0.25, 0.3) is 5.91 Å². The van der Waals surface area contributed by atoms with Crippen molar-refractivity contribution in [2.45, 2.75) is 6.18 Å². The monoisotopic (exact) mass is 426 g/mol. The highest BCUT2D eigenvalue weighted by Crippen LogP contribution is 2.31. The molecule has 0 unspecified atom stereocenters. The van der Waals surface area contributed by atoms with Gasteiger partial charge < -0.3 is 10.2 Å². The predicted octanol–water partition coefficient (Wildman–Crippen LogP) is 4.42. The molecule has 31 heavy (non-hydrogen) atoms. The molecule has 0 atom stereocenters. The highest BCUT2D eigenvalue weighted by Gasteiger charge is 2.31. The van der Waals surface area contributed by atoms with Crippen molar-refractivity contribution >= 4 is 29.4 Å². The molecule has 0 radical (unpaired) electrons. The summed E-state index contributed by atoms with van der Waals surface area (Å²) < 4.78 is 38.8. The molecule has 9 heteroatoms. The maximum absolute atomic E-state index is 12.9. The highest BCUT2D eigenvalue weighted by molar-refractivity contribution is 6.06. The molecule has 158 valence electrons. The second-order valence-corrected chi connectivity index (χ2v) is 6.45. The van der Waals surface area contributed by atoms with E-state index >= 15 is 0 Å². The van der Waals surface area contributed by atoms with Gasteiger partial charge >= 0.3 is 6.18 Å². The van der Waals surface area contributed by atoms with Gasteiger partial charge in [0.15, 0.2) is 0 Å². The third-order valence-electron chi connectivity index (χ3n) is 4.26. The Labute approximate surface area is 176 Å². The molecule has 0 aliphatic heterocycles. The van der Waals surface area contributed by atoms with E-state index in [9.17, 15) is 22.8 Å². The first-order valence-corrected chi connectivity index (χ1v) is 9.04. The molecule has 2 amide bonds. The molecule has 1 heterocycles. The maximum atomic E-state index is 12.9. The lowest BCUT2D eigenvalue weighted by Crippen LogP contribution is -2.26. The molecule has 2 aromatic carbocycles. The summed E-state index contributed by atoms with van der Waals surface area (Å²) in [6.07, 6.45) is 1.08. The fourth-order valence-corrected chi connectivity index (χ4v) is 2.68. The Morgan fingerprint density at radius 1 is 1.06 bits per heavy atom. The van der Waals surface area contributed by atoms with E-state index in [-0.39, 0.29) is 11.3 Å². The number of benzene rings is 2. The van der Waals surface area contributed by atoms with E-state index in [1.54, 1.807) is 24.3 Å². The number of rotatable bonds is 5. The summed E-state index contributed by atoms with van der Waals surface area (Å²) >= 11 is 0. The zero-order valence-corrected chi connectivity index (χ0v) is 16.3. The lowest BCUT2D eigenvalue weighted by atomic mass is 10.1. The topological polar surface area (TPSA) is 75.2 Å². The Hall–Kier alpha value is -4.01. The minimum absolute atomic E-state index is 0.116. The molecule has 0 fully saturated rings. The van der Waals surface area contributed by atoms with Crippen LogP contribution in [0.5, 0.6) is 0 Å². The van der Waals surface area contributed by atoms with E-state index < -0.39 is 23.6 Å². The number of halogens is 3. The van der Waals surface area contributed by atoms with Gasteiger partial charge in [-0.05, 0) is 48.0 Å². The SMILES string of the molecule is CN(C(=O)c1cccc(/C=C/C(=O)Nc2ccncn2)c1)c1cccc(C(F)(F)F)c1. The van der Waals surface area contributed by atoms with E-state index in [0.717, 1.165) is 17.0 Å².